The van der Waals surface area contributed by atoms with E-state index < -0.39 is 10.0 Å². The van der Waals surface area contributed by atoms with Crippen molar-refractivity contribution in [1.82, 2.24) is 9.71 Å². The second-order valence-corrected chi connectivity index (χ2v) is 7.73. The first-order chi connectivity index (χ1) is 10.0. The van der Waals surface area contributed by atoms with E-state index in [9.17, 15) is 8.42 Å². The van der Waals surface area contributed by atoms with Crippen LogP contribution in [0.3, 0.4) is 0 Å². The van der Waals surface area contributed by atoms with Gasteiger partial charge in [-0.2, -0.15) is 0 Å². The highest BCUT2D eigenvalue weighted by molar-refractivity contribution is 7.89. The van der Waals surface area contributed by atoms with Gasteiger partial charge < -0.3 is 5.32 Å². The van der Waals surface area contributed by atoms with E-state index in [2.05, 4.69) is 21.9 Å². The molecule has 2 aromatic rings. The van der Waals surface area contributed by atoms with Gasteiger partial charge in [0.25, 0.3) is 0 Å². The van der Waals surface area contributed by atoms with Crippen molar-refractivity contribution in [1.29, 1.82) is 0 Å². The van der Waals surface area contributed by atoms with E-state index in [1.165, 1.54) is 11.3 Å². The van der Waals surface area contributed by atoms with E-state index >= 15 is 0 Å². The second kappa shape index (κ2) is 7.02. The first kappa shape index (κ1) is 15.9. The van der Waals surface area contributed by atoms with Crippen LogP contribution in [0.1, 0.15) is 23.2 Å². The van der Waals surface area contributed by atoms with Gasteiger partial charge in [-0.05, 0) is 37.6 Å². The molecule has 0 radical (unpaired) electrons. The number of hydrogen-bond donors (Lipinski definition) is 2. The van der Waals surface area contributed by atoms with Crippen LogP contribution in [-0.4, -0.2) is 19.9 Å². The average Bonchev–Trinajstić information content (AvgIpc) is 2.89. The molecule has 21 heavy (non-hydrogen) atoms. The third-order valence-electron chi connectivity index (χ3n) is 2.83. The van der Waals surface area contributed by atoms with E-state index in [-0.39, 0.29) is 11.4 Å². The van der Waals surface area contributed by atoms with Crippen LogP contribution in [-0.2, 0) is 16.6 Å². The number of nitrogens with zero attached hydrogens (tertiary/aromatic N) is 1. The van der Waals surface area contributed by atoms with Crippen molar-refractivity contribution >= 4 is 27.0 Å². The molecule has 114 valence electrons. The fourth-order valence-electron chi connectivity index (χ4n) is 1.74. The van der Waals surface area contributed by atoms with Crippen LogP contribution in [0.25, 0.3) is 0 Å². The summed E-state index contributed by atoms with van der Waals surface area (Å²) >= 11 is 1.49. The zero-order valence-corrected chi connectivity index (χ0v) is 13.7. The number of aryl methyl sites for hydroxylation is 1. The fraction of sp³-hybridized carbons (Fsp3) is 0.357. The Morgan fingerprint density at radius 3 is 2.52 bits per heavy atom. The predicted molar refractivity (Wildman–Crippen MR) is 86.1 cm³/mol. The molecule has 0 bridgehead atoms. The number of thiazole rings is 1. The van der Waals surface area contributed by atoms with Gasteiger partial charge in [-0.25, -0.2) is 18.1 Å². The molecule has 0 atom stereocenters. The van der Waals surface area contributed by atoms with Crippen LogP contribution in [0.2, 0.25) is 0 Å². The minimum atomic E-state index is -3.50. The normalized spacial score (nSPS) is 11.5. The summed E-state index contributed by atoms with van der Waals surface area (Å²) in [6, 6.07) is 6.76. The monoisotopic (exact) mass is 325 g/mol. The molecule has 0 saturated heterocycles. The van der Waals surface area contributed by atoms with Gasteiger partial charge in [0, 0.05) is 23.3 Å². The number of anilines is 1. The summed E-state index contributed by atoms with van der Waals surface area (Å²) in [6.45, 7) is 5.11. The van der Waals surface area contributed by atoms with Crippen LogP contribution in [0, 0.1) is 6.92 Å². The molecule has 0 aliphatic carbocycles. The van der Waals surface area contributed by atoms with E-state index in [4.69, 9.17) is 0 Å². The number of nitrogens with one attached hydrogen (secondary N) is 2. The van der Waals surface area contributed by atoms with Gasteiger partial charge in [-0.1, -0.05) is 6.92 Å². The number of aromatic nitrogens is 1. The number of sulfonamides is 1. The summed E-state index contributed by atoms with van der Waals surface area (Å²) < 4.78 is 26.9. The summed E-state index contributed by atoms with van der Waals surface area (Å²) in [6.07, 6.45) is 2.76. The van der Waals surface area contributed by atoms with Crippen LogP contribution in [0.4, 0.5) is 5.69 Å². The molecule has 0 fully saturated rings. The Kier molecular flexibility index (Phi) is 5.33. The first-order valence-electron chi connectivity index (χ1n) is 6.76. The Morgan fingerprint density at radius 2 is 1.95 bits per heavy atom. The van der Waals surface area contributed by atoms with Crippen molar-refractivity contribution in [3.8, 4) is 0 Å². The maximum absolute atomic E-state index is 12.2. The van der Waals surface area contributed by atoms with Gasteiger partial charge in [0.05, 0.1) is 11.4 Å². The lowest BCUT2D eigenvalue weighted by atomic mass is 10.3. The smallest absolute Gasteiger partial charge is 0.240 e. The Labute approximate surface area is 129 Å². The maximum atomic E-state index is 12.2. The molecule has 1 heterocycles. The highest BCUT2D eigenvalue weighted by atomic mass is 32.2. The molecule has 1 aromatic carbocycles. The van der Waals surface area contributed by atoms with E-state index in [1.807, 2.05) is 6.92 Å². The number of rotatable bonds is 7. The van der Waals surface area contributed by atoms with Crippen molar-refractivity contribution in [3.05, 3.63) is 40.3 Å². The van der Waals surface area contributed by atoms with E-state index in [1.54, 1.807) is 30.5 Å². The molecule has 0 aliphatic rings. The van der Waals surface area contributed by atoms with Gasteiger partial charge in [0.1, 0.15) is 5.01 Å². The summed E-state index contributed by atoms with van der Waals surface area (Å²) in [5.74, 6) is 0. The SMILES string of the molecule is CCCNc1ccc(S(=O)(=O)NCc2ncc(C)s2)cc1. The Bertz CT molecular complexity index is 678. The lowest BCUT2D eigenvalue weighted by Gasteiger charge is -2.08. The minimum Gasteiger partial charge on any atom is -0.385 e. The zero-order chi connectivity index (χ0) is 15.3. The summed E-state index contributed by atoms with van der Waals surface area (Å²) in [5, 5.41) is 3.97. The molecular weight excluding hydrogens is 306 g/mol. The van der Waals surface area contributed by atoms with E-state index in [0.717, 1.165) is 28.5 Å². The van der Waals surface area contributed by atoms with Gasteiger partial charge in [-0.3, -0.25) is 0 Å². The average molecular weight is 325 g/mol. The van der Waals surface area contributed by atoms with Crippen LogP contribution >= 0.6 is 11.3 Å². The van der Waals surface area contributed by atoms with Gasteiger partial charge in [-0.15, -0.1) is 11.3 Å². The summed E-state index contributed by atoms with van der Waals surface area (Å²) in [5.41, 5.74) is 0.923. The molecule has 2 N–H and O–H groups in total. The molecule has 0 spiro atoms. The molecule has 5 nitrogen and oxygen atoms in total. The molecule has 2 rings (SSSR count). The van der Waals surface area contributed by atoms with Gasteiger partial charge in [0.15, 0.2) is 0 Å². The highest BCUT2D eigenvalue weighted by Gasteiger charge is 2.14. The third-order valence-corrected chi connectivity index (χ3v) is 5.16. The number of hydrogen-bond acceptors (Lipinski definition) is 5. The Morgan fingerprint density at radius 1 is 1.24 bits per heavy atom. The molecule has 0 saturated carbocycles. The highest BCUT2D eigenvalue weighted by Crippen LogP contribution is 2.15. The predicted octanol–water partition coefficient (Wildman–Crippen LogP) is 2.75. The number of benzene rings is 1. The fourth-order valence-corrected chi connectivity index (χ4v) is 3.55. The van der Waals surface area contributed by atoms with Crippen LogP contribution in [0.5, 0.6) is 0 Å². The van der Waals surface area contributed by atoms with Gasteiger partial charge >= 0.3 is 0 Å². The minimum absolute atomic E-state index is 0.219. The first-order valence-corrected chi connectivity index (χ1v) is 9.06. The van der Waals surface area contributed by atoms with Crippen LogP contribution < -0.4 is 10.0 Å². The molecule has 0 amide bonds. The van der Waals surface area contributed by atoms with Crippen molar-refractivity contribution in [2.75, 3.05) is 11.9 Å². The van der Waals surface area contributed by atoms with Gasteiger partial charge in [0.2, 0.25) is 10.0 Å². The Balaban J connectivity index is 2.01. The maximum Gasteiger partial charge on any atom is 0.240 e. The van der Waals surface area contributed by atoms with Crippen molar-refractivity contribution in [2.24, 2.45) is 0 Å². The zero-order valence-electron chi connectivity index (χ0n) is 12.1. The van der Waals surface area contributed by atoms with Crippen molar-refractivity contribution < 1.29 is 8.42 Å². The van der Waals surface area contributed by atoms with Crippen molar-refractivity contribution in [3.63, 3.8) is 0 Å². The molecule has 0 unspecified atom stereocenters. The summed E-state index contributed by atoms with van der Waals surface area (Å²) in [7, 11) is -3.50. The lowest BCUT2D eigenvalue weighted by Crippen LogP contribution is -2.23. The topological polar surface area (TPSA) is 71.1 Å². The second-order valence-electron chi connectivity index (χ2n) is 4.64. The lowest BCUT2D eigenvalue weighted by molar-refractivity contribution is 0.581. The third kappa shape index (κ3) is 4.52. The Hall–Kier alpha value is -1.44. The van der Waals surface area contributed by atoms with E-state index in [0.29, 0.717) is 0 Å². The van der Waals surface area contributed by atoms with Crippen molar-refractivity contribution in [2.45, 2.75) is 31.7 Å². The molecule has 7 heteroatoms. The standard InChI is InChI=1S/C14H19N3O2S2/c1-3-8-15-12-4-6-13(7-5-12)21(18,19)17-10-14-16-9-11(2)20-14/h4-7,9,15,17H,3,8,10H2,1-2H3. The molecule has 1 aromatic heterocycles. The largest absolute Gasteiger partial charge is 0.385 e. The molecular formula is C14H19N3O2S2. The summed E-state index contributed by atoms with van der Waals surface area (Å²) in [4.78, 5) is 5.47. The quantitative estimate of drug-likeness (QED) is 0.821. The van der Waals surface area contributed by atoms with Crippen LogP contribution in [0.15, 0.2) is 35.4 Å². The molecule has 0 aliphatic heterocycles.